The highest BCUT2D eigenvalue weighted by atomic mass is 31.2. The molecule has 1 unspecified atom stereocenters. The molecule has 148 valence electrons. The smallest absolute Gasteiger partial charge is 0.259 e. The SMILES string of the molecule is CCCCCOc1ccc(P(=O)(O)c2cccc3ccccc23)c2ccccc12. The number of fused-ring (bicyclic) bond motifs is 2. The molecule has 0 heterocycles. The van der Waals surface area contributed by atoms with Crippen LogP contribution in [-0.2, 0) is 4.57 Å². The van der Waals surface area contributed by atoms with Crippen molar-refractivity contribution in [2.24, 2.45) is 0 Å². The number of hydrogen-bond acceptors (Lipinski definition) is 2. The van der Waals surface area contributed by atoms with E-state index in [0.29, 0.717) is 17.2 Å². The number of rotatable bonds is 7. The third-order valence-corrected chi connectivity index (χ3v) is 7.37. The standard InChI is InChI=1S/C25H25O3P/c1-2-3-8-18-28-23-16-17-25(22-14-7-6-13-21(22)23)29(26,27)24-15-9-11-19-10-4-5-12-20(19)24/h4-7,9-17H,2-3,8,18H2,1H3,(H,26,27). The van der Waals surface area contributed by atoms with Crippen molar-refractivity contribution < 1.29 is 14.2 Å². The molecule has 4 rings (SSSR count). The summed E-state index contributed by atoms with van der Waals surface area (Å²) < 4.78 is 19.8. The predicted molar refractivity (Wildman–Crippen MR) is 122 cm³/mol. The van der Waals surface area contributed by atoms with Crippen LogP contribution < -0.4 is 15.3 Å². The van der Waals surface area contributed by atoms with Gasteiger partial charge in [-0.1, -0.05) is 80.4 Å². The van der Waals surface area contributed by atoms with Crippen LogP contribution in [0.1, 0.15) is 26.2 Å². The summed E-state index contributed by atoms with van der Waals surface area (Å²) in [4.78, 5) is 11.3. The van der Waals surface area contributed by atoms with Crippen LogP contribution in [0, 0.1) is 0 Å². The van der Waals surface area contributed by atoms with Crippen LogP contribution in [0.25, 0.3) is 21.5 Å². The lowest BCUT2D eigenvalue weighted by Gasteiger charge is -2.18. The van der Waals surface area contributed by atoms with Gasteiger partial charge in [-0.15, -0.1) is 0 Å². The Hall–Kier alpha value is -2.61. The summed E-state index contributed by atoms with van der Waals surface area (Å²) in [5, 5.41) is 4.32. The number of ether oxygens (including phenoxy) is 1. The zero-order valence-electron chi connectivity index (χ0n) is 16.5. The predicted octanol–water partition coefficient (Wildman–Crippen LogP) is 5.78. The maximum atomic E-state index is 13.8. The van der Waals surface area contributed by atoms with E-state index in [-0.39, 0.29) is 0 Å². The first-order valence-corrected chi connectivity index (χ1v) is 11.7. The molecule has 0 amide bonds. The van der Waals surface area contributed by atoms with Crippen molar-refractivity contribution in [2.75, 3.05) is 6.61 Å². The van der Waals surface area contributed by atoms with E-state index in [1.165, 1.54) is 0 Å². The lowest BCUT2D eigenvalue weighted by Crippen LogP contribution is -2.17. The second-order valence-electron chi connectivity index (χ2n) is 7.26. The summed E-state index contributed by atoms with van der Waals surface area (Å²) in [5.74, 6) is 0.762. The molecule has 3 nitrogen and oxygen atoms in total. The molecule has 0 bridgehead atoms. The molecule has 0 saturated carbocycles. The molecule has 0 saturated heterocycles. The first-order chi connectivity index (χ1) is 14.1. The topological polar surface area (TPSA) is 46.5 Å². The van der Waals surface area contributed by atoms with E-state index in [1.807, 2.05) is 66.7 Å². The van der Waals surface area contributed by atoms with E-state index in [2.05, 4.69) is 6.92 Å². The van der Waals surface area contributed by atoms with E-state index in [9.17, 15) is 9.46 Å². The Bertz CT molecular complexity index is 1190. The maximum absolute atomic E-state index is 13.8. The molecule has 1 N–H and O–H groups in total. The molecule has 1 atom stereocenters. The van der Waals surface area contributed by atoms with Crippen molar-refractivity contribution in [3.8, 4) is 5.75 Å². The zero-order chi connectivity index (χ0) is 20.3. The molecular formula is C25H25O3P. The highest BCUT2D eigenvalue weighted by Gasteiger charge is 2.28. The molecule has 0 aromatic heterocycles. The molecule has 4 aromatic carbocycles. The summed E-state index contributed by atoms with van der Waals surface area (Å²) >= 11 is 0. The van der Waals surface area contributed by atoms with Gasteiger partial charge in [0, 0.05) is 16.0 Å². The molecule has 0 spiro atoms. The Morgan fingerprint density at radius 1 is 0.759 bits per heavy atom. The highest BCUT2D eigenvalue weighted by Crippen LogP contribution is 2.44. The fraction of sp³-hybridized carbons (Fsp3) is 0.200. The Kier molecular flexibility index (Phi) is 5.71. The molecule has 29 heavy (non-hydrogen) atoms. The van der Waals surface area contributed by atoms with Gasteiger partial charge in [0.05, 0.1) is 6.61 Å². The zero-order valence-corrected chi connectivity index (χ0v) is 17.4. The molecular weight excluding hydrogens is 379 g/mol. The van der Waals surface area contributed by atoms with Crippen molar-refractivity contribution in [1.29, 1.82) is 0 Å². The second kappa shape index (κ2) is 8.41. The first-order valence-electron chi connectivity index (χ1n) is 10.1. The summed E-state index contributed by atoms with van der Waals surface area (Å²) in [7, 11) is -3.80. The highest BCUT2D eigenvalue weighted by molar-refractivity contribution is 7.74. The fourth-order valence-corrected chi connectivity index (χ4v) is 5.66. The Balaban J connectivity index is 1.82. The Labute approximate surface area is 171 Å². The average Bonchev–Trinajstić information content (AvgIpc) is 2.76. The van der Waals surface area contributed by atoms with Gasteiger partial charge in [-0.25, -0.2) is 0 Å². The van der Waals surface area contributed by atoms with E-state index in [4.69, 9.17) is 4.74 Å². The Morgan fingerprint density at radius 3 is 2.21 bits per heavy atom. The lowest BCUT2D eigenvalue weighted by atomic mass is 10.1. The van der Waals surface area contributed by atoms with E-state index in [0.717, 1.165) is 46.6 Å². The minimum atomic E-state index is -3.80. The molecule has 4 heteroatoms. The van der Waals surface area contributed by atoms with Gasteiger partial charge >= 0.3 is 0 Å². The first kappa shape index (κ1) is 19.7. The van der Waals surface area contributed by atoms with E-state index < -0.39 is 7.37 Å². The molecule has 4 aromatic rings. The molecule has 0 aliphatic rings. The van der Waals surface area contributed by atoms with Crippen LogP contribution in [-0.4, -0.2) is 11.5 Å². The molecule has 0 fully saturated rings. The number of hydrogen-bond donors (Lipinski definition) is 1. The van der Waals surface area contributed by atoms with Gasteiger partial charge < -0.3 is 9.63 Å². The van der Waals surface area contributed by atoms with E-state index >= 15 is 0 Å². The maximum Gasteiger partial charge on any atom is 0.259 e. The van der Waals surface area contributed by atoms with Gasteiger partial charge in [0.2, 0.25) is 0 Å². The molecule has 0 radical (unpaired) electrons. The lowest BCUT2D eigenvalue weighted by molar-refractivity contribution is 0.310. The largest absolute Gasteiger partial charge is 0.493 e. The summed E-state index contributed by atoms with van der Waals surface area (Å²) in [5.41, 5.74) is 0. The quantitative estimate of drug-likeness (QED) is 0.314. The average molecular weight is 404 g/mol. The normalized spacial score (nSPS) is 13.4. The van der Waals surface area contributed by atoms with Gasteiger partial charge in [0.25, 0.3) is 7.37 Å². The van der Waals surface area contributed by atoms with Crippen molar-refractivity contribution >= 4 is 39.5 Å². The minimum Gasteiger partial charge on any atom is -0.493 e. The van der Waals surface area contributed by atoms with E-state index in [1.54, 1.807) is 12.1 Å². The monoisotopic (exact) mass is 404 g/mol. The number of unbranched alkanes of at least 4 members (excludes halogenated alkanes) is 2. The second-order valence-corrected chi connectivity index (χ2v) is 9.37. The van der Waals surface area contributed by atoms with Gasteiger partial charge in [-0.05, 0) is 40.8 Å². The van der Waals surface area contributed by atoms with Crippen LogP contribution in [0.2, 0.25) is 0 Å². The van der Waals surface area contributed by atoms with Crippen molar-refractivity contribution in [3.63, 3.8) is 0 Å². The van der Waals surface area contributed by atoms with Gasteiger partial charge in [0.15, 0.2) is 0 Å². The molecule has 0 aliphatic carbocycles. The Morgan fingerprint density at radius 2 is 1.41 bits per heavy atom. The van der Waals surface area contributed by atoms with Crippen LogP contribution in [0.3, 0.4) is 0 Å². The van der Waals surface area contributed by atoms with Crippen molar-refractivity contribution in [2.45, 2.75) is 26.2 Å². The third kappa shape index (κ3) is 3.81. The molecule has 0 aliphatic heterocycles. The van der Waals surface area contributed by atoms with Gasteiger partial charge in [0.1, 0.15) is 5.75 Å². The third-order valence-electron chi connectivity index (χ3n) is 5.29. The van der Waals surface area contributed by atoms with Crippen molar-refractivity contribution in [1.82, 2.24) is 0 Å². The fourth-order valence-electron chi connectivity index (χ4n) is 3.78. The van der Waals surface area contributed by atoms with Gasteiger partial charge in [-0.2, -0.15) is 0 Å². The van der Waals surface area contributed by atoms with Gasteiger partial charge in [-0.3, -0.25) is 4.57 Å². The van der Waals surface area contributed by atoms with Crippen LogP contribution >= 0.6 is 7.37 Å². The number of benzene rings is 4. The van der Waals surface area contributed by atoms with Crippen LogP contribution in [0.5, 0.6) is 5.75 Å². The summed E-state index contributed by atoms with van der Waals surface area (Å²) in [6, 6.07) is 24.5. The summed E-state index contributed by atoms with van der Waals surface area (Å²) in [6.45, 7) is 2.81. The van der Waals surface area contributed by atoms with Crippen LogP contribution in [0.4, 0.5) is 0 Å². The van der Waals surface area contributed by atoms with Crippen molar-refractivity contribution in [3.05, 3.63) is 78.9 Å². The minimum absolute atomic E-state index is 0.449. The van der Waals surface area contributed by atoms with Crippen LogP contribution in [0.15, 0.2) is 78.9 Å². The summed E-state index contributed by atoms with van der Waals surface area (Å²) in [6.07, 6.45) is 3.27.